The number of pyridine rings is 1. The minimum Gasteiger partial charge on any atom is -0.285 e. The van der Waals surface area contributed by atoms with Crippen molar-refractivity contribution in [3.63, 3.8) is 0 Å². The smallest absolute Gasteiger partial charge is 0.231 e. The minimum absolute atomic E-state index is 0.485. The Morgan fingerprint density at radius 3 is 2.31 bits per heavy atom. The van der Waals surface area contributed by atoms with E-state index in [0.717, 1.165) is 5.69 Å². The lowest BCUT2D eigenvalue weighted by atomic mass is 9.91. The minimum atomic E-state index is 0.485. The Morgan fingerprint density at radius 1 is 1.23 bits per heavy atom. The highest BCUT2D eigenvalue weighted by Crippen LogP contribution is 2.21. The van der Waals surface area contributed by atoms with Gasteiger partial charge in [0, 0.05) is 23.3 Å². The fraction of sp³-hybridized carbons (Fsp3) is 0.545. The highest BCUT2D eigenvalue weighted by molar-refractivity contribution is 5.13. The van der Waals surface area contributed by atoms with Crippen molar-refractivity contribution in [2.45, 2.75) is 33.6 Å². The van der Waals surface area contributed by atoms with E-state index in [-0.39, 0.29) is 0 Å². The van der Waals surface area contributed by atoms with Gasteiger partial charge in [-0.25, -0.2) is 0 Å². The molecule has 1 rings (SSSR count). The van der Waals surface area contributed by atoms with Gasteiger partial charge in [-0.3, -0.25) is 5.21 Å². The van der Waals surface area contributed by atoms with Crippen molar-refractivity contribution in [1.29, 1.82) is 0 Å². The van der Waals surface area contributed by atoms with Crippen molar-refractivity contribution >= 4 is 0 Å². The van der Waals surface area contributed by atoms with Crippen LogP contribution < -0.4 is 4.73 Å². The van der Waals surface area contributed by atoms with E-state index >= 15 is 0 Å². The lowest BCUT2D eigenvalue weighted by Gasteiger charge is -2.13. The lowest BCUT2D eigenvalue weighted by molar-refractivity contribution is -0.909. The second-order valence-corrected chi connectivity index (χ2v) is 3.98. The first-order valence-corrected chi connectivity index (χ1v) is 4.74. The van der Waals surface area contributed by atoms with Crippen LogP contribution in [0.4, 0.5) is 0 Å². The molecule has 0 spiro atoms. The molecule has 0 saturated heterocycles. The van der Waals surface area contributed by atoms with Crippen molar-refractivity contribution < 1.29 is 9.94 Å². The van der Waals surface area contributed by atoms with Crippen molar-refractivity contribution in [1.82, 2.24) is 0 Å². The van der Waals surface area contributed by atoms with Gasteiger partial charge in [0.2, 0.25) is 11.9 Å². The Bertz CT molecular complexity index is 294. The Kier molecular flexibility index (Phi) is 2.91. The van der Waals surface area contributed by atoms with Crippen LogP contribution >= 0.6 is 0 Å². The third-order valence-electron chi connectivity index (χ3n) is 2.68. The highest BCUT2D eigenvalue weighted by atomic mass is 16.5. The van der Waals surface area contributed by atoms with Gasteiger partial charge < -0.3 is 0 Å². The average Bonchev–Trinajstić information content (AvgIpc) is 2.08. The molecule has 1 atom stereocenters. The topological polar surface area (TPSA) is 24.1 Å². The van der Waals surface area contributed by atoms with Crippen molar-refractivity contribution in [3.8, 4) is 0 Å². The number of hydrogen-bond donors (Lipinski definition) is 1. The standard InChI is InChI=1S/C11H18NO/c1-8(2)10(4)11-6-5-9(3)12(13)7-11/h5-8,10,13H,1-4H3/q+1/t10-/m0/s1. The van der Waals surface area contributed by atoms with Gasteiger partial charge in [-0.1, -0.05) is 20.8 Å². The van der Waals surface area contributed by atoms with E-state index in [1.807, 2.05) is 13.0 Å². The van der Waals surface area contributed by atoms with Crippen molar-refractivity contribution in [2.24, 2.45) is 5.92 Å². The van der Waals surface area contributed by atoms with Crippen molar-refractivity contribution in [3.05, 3.63) is 29.6 Å². The fourth-order valence-corrected chi connectivity index (χ4v) is 1.23. The van der Waals surface area contributed by atoms with E-state index in [9.17, 15) is 5.21 Å². The number of nitrogens with zero attached hydrogens (tertiary/aromatic N) is 1. The van der Waals surface area contributed by atoms with Crippen LogP contribution in [0.3, 0.4) is 0 Å². The molecule has 1 heterocycles. The molecule has 0 fully saturated rings. The molecule has 0 aromatic carbocycles. The average molecular weight is 180 g/mol. The summed E-state index contributed by atoms with van der Waals surface area (Å²) in [7, 11) is 0. The first-order chi connectivity index (χ1) is 6.02. The number of aromatic nitrogens is 1. The van der Waals surface area contributed by atoms with Gasteiger partial charge in [0.25, 0.3) is 0 Å². The molecule has 2 nitrogen and oxygen atoms in total. The molecule has 1 N–H and O–H groups in total. The summed E-state index contributed by atoms with van der Waals surface area (Å²) in [5.41, 5.74) is 2.04. The quantitative estimate of drug-likeness (QED) is 0.548. The molecular weight excluding hydrogens is 162 g/mol. The van der Waals surface area contributed by atoms with Gasteiger partial charge in [0.15, 0.2) is 0 Å². The van der Waals surface area contributed by atoms with Gasteiger partial charge in [0.1, 0.15) is 0 Å². The van der Waals surface area contributed by atoms with Crippen LogP contribution in [0.15, 0.2) is 18.3 Å². The summed E-state index contributed by atoms with van der Waals surface area (Å²) < 4.78 is 1.19. The van der Waals surface area contributed by atoms with Gasteiger partial charge in [-0.2, -0.15) is 0 Å². The second-order valence-electron chi connectivity index (χ2n) is 3.98. The van der Waals surface area contributed by atoms with Crippen LogP contribution in [0, 0.1) is 12.8 Å². The highest BCUT2D eigenvalue weighted by Gasteiger charge is 2.14. The molecule has 0 radical (unpaired) electrons. The third-order valence-corrected chi connectivity index (χ3v) is 2.68. The van der Waals surface area contributed by atoms with Crippen LogP contribution in [-0.2, 0) is 0 Å². The van der Waals surface area contributed by atoms with E-state index in [1.165, 1.54) is 10.3 Å². The van der Waals surface area contributed by atoms with E-state index in [2.05, 4.69) is 26.8 Å². The molecule has 0 saturated carbocycles. The first kappa shape index (κ1) is 10.0. The number of rotatable bonds is 2. The summed E-state index contributed by atoms with van der Waals surface area (Å²) >= 11 is 0. The maximum Gasteiger partial charge on any atom is 0.231 e. The summed E-state index contributed by atoms with van der Waals surface area (Å²) in [6, 6.07) is 4.01. The summed E-state index contributed by atoms with van der Waals surface area (Å²) in [4.78, 5) is 0. The molecule has 0 unspecified atom stereocenters. The SMILES string of the molecule is Cc1ccc([C@@H](C)C(C)C)c[n+]1O. The molecule has 1 aromatic rings. The van der Waals surface area contributed by atoms with Crippen LogP contribution in [0.1, 0.15) is 37.9 Å². The van der Waals surface area contributed by atoms with E-state index in [4.69, 9.17) is 0 Å². The summed E-state index contributed by atoms with van der Waals surface area (Å²) in [6.45, 7) is 8.43. The predicted octanol–water partition coefficient (Wildman–Crippen LogP) is 2.28. The lowest BCUT2D eigenvalue weighted by Crippen LogP contribution is -2.34. The van der Waals surface area contributed by atoms with Crippen molar-refractivity contribution in [2.75, 3.05) is 0 Å². The van der Waals surface area contributed by atoms with Crippen LogP contribution in [0.25, 0.3) is 0 Å². The molecule has 0 aliphatic carbocycles. The molecule has 0 bridgehead atoms. The largest absolute Gasteiger partial charge is 0.285 e. The monoisotopic (exact) mass is 180 g/mol. The van der Waals surface area contributed by atoms with E-state index < -0.39 is 0 Å². The molecule has 13 heavy (non-hydrogen) atoms. The van der Waals surface area contributed by atoms with Crippen LogP contribution in [0.5, 0.6) is 0 Å². The first-order valence-electron chi connectivity index (χ1n) is 4.74. The molecule has 0 aliphatic rings. The normalized spacial score (nSPS) is 13.3. The van der Waals surface area contributed by atoms with Gasteiger partial charge in [-0.05, 0) is 17.9 Å². The molecule has 2 heteroatoms. The predicted molar refractivity (Wildman–Crippen MR) is 51.8 cm³/mol. The summed E-state index contributed by atoms with van der Waals surface area (Å²) in [6.07, 6.45) is 1.79. The van der Waals surface area contributed by atoms with Crippen LogP contribution in [0.2, 0.25) is 0 Å². The molecule has 0 amide bonds. The Balaban J connectivity index is 2.97. The Labute approximate surface area is 79.8 Å². The second kappa shape index (κ2) is 3.77. The summed E-state index contributed by atoms with van der Waals surface area (Å²) in [5, 5.41) is 9.45. The maximum absolute atomic E-state index is 9.45. The summed E-state index contributed by atoms with van der Waals surface area (Å²) in [5.74, 6) is 1.08. The zero-order valence-corrected chi connectivity index (χ0v) is 8.78. The zero-order chi connectivity index (χ0) is 10.0. The molecule has 1 aromatic heterocycles. The number of hydrogen-bond acceptors (Lipinski definition) is 1. The zero-order valence-electron chi connectivity index (χ0n) is 8.78. The maximum atomic E-state index is 9.45. The molecule has 0 aliphatic heterocycles. The third kappa shape index (κ3) is 2.20. The fourth-order valence-electron chi connectivity index (χ4n) is 1.23. The molecular formula is C11H18NO+. The number of aryl methyl sites for hydroxylation is 1. The van der Waals surface area contributed by atoms with Gasteiger partial charge in [-0.15, -0.1) is 0 Å². The van der Waals surface area contributed by atoms with Crippen LogP contribution in [-0.4, -0.2) is 5.21 Å². The van der Waals surface area contributed by atoms with Gasteiger partial charge in [0.05, 0.1) is 0 Å². The van der Waals surface area contributed by atoms with Gasteiger partial charge >= 0.3 is 0 Å². The Hall–Kier alpha value is -1.05. The van der Waals surface area contributed by atoms with E-state index in [0.29, 0.717) is 11.8 Å². The Morgan fingerprint density at radius 2 is 1.85 bits per heavy atom. The molecule has 72 valence electrons. The van der Waals surface area contributed by atoms with E-state index in [1.54, 1.807) is 6.20 Å².